The number of aliphatic hydroxyl groups excluding tert-OH is 1. The fraction of sp³-hybridized carbons (Fsp3) is 0.231. The standard InChI is InChI=1S/C13H11BrO3S/c14-10-6-12-11(16-2-3-17-12)5-9(10)13(15)8-1-4-18-7-8/h1,4-7,13,15H,2-3H2. The van der Waals surface area contributed by atoms with E-state index in [0.29, 0.717) is 19.0 Å². The highest BCUT2D eigenvalue weighted by atomic mass is 79.9. The first-order valence-electron chi connectivity index (χ1n) is 5.55. The molecule has 0 aliphatic carbocycles. The number of thiophene rings is 1. The highest BCUT2D eigenvalue weighted by molar-refractivity contribution is 9.10. The van der Waals surface area contributed by atoms with E-state index in [0.717, 1.165) is 21.3 Å². The topological polar surface area (TPSA) is 38.7 Å². The molecule has 1 aromatic heterocycles. The molecule has 2 heterocycles. The van der Waals surface area contributed by atoms with E-state index in [1.807, 2.05) is 29.0 Å². The highest BCUT2D eigenvalue weighted by Crippen LogP contribution is 2.39. The van der Waals surface area contributed by atoms with Crippen molar-refractivity contribution in [3.63, 3.8) is 0 Å². The second-order valence-corrected chi connectivity index (χ2v) is 5.61. The van der Waals surface area contributed by atoms with E-state index in [4.69, 9.17) is 9.47 Å². The van der Waals surface area contributed by atoms with Crippen molar-refractivity contribution in [2.24, 2.45) is 0 Å². The van der Waals surface area contributed by atoms with Crippen LogP contribution < -0.4 is 9.47 Å². The minimum atomic E-state index is -0.651. The normalized spacial score (nSPS) is 15.4. The Morgan fingerprint density at radius 3 is 2.61 bits per heavy atom. The number of halogens is 1. The summed E-state index contributed by atoms with van der Waals surface area (Å²) in [5, 5.41) is 14.2. The van der Waals surface area contributed by atoms with Gasteiger partial charge in [0.15, 0.2) is 11.5 Å². The molecule has 1 N–H and O–H groups in total. The molecule has 0 spiro atoms. The van der Waals surface area contributed by atoms with Gasteiger partial charge in [0.05, 0.1) is 0 Å². The number of hydrogen-bond acceptors (Lipinski definition) is 4. The van der Waals surface area contributed by atoms with Gasteiger partial charge in [0.2, 0.25) is 0 Å². The molecule has 94 valence electrons. The molecule has 3 rings (SSSR count). The van der Waals surface area contributed by atoms with Crippen LogP contribution in [0.15, 0.2) is 33.4 Å². The monoisotopic (exact) mass is 326 g/mol. The van der Waals surface area contributed by atoms with Gasteiger partial charge in [-0.25, -0.2) is 0 Å². The third kappa shape index (κ3) is 2.13. The van der Waals surface area contributed by atoms with Crippen molar-refractivity contribution in [1.29, 1.82) is 0 Å². The van der Waals surface area contributed by atoms with Crippen LogP contribution in [0.5, 0.6) is 11.5 Å². The molecule has 1 unspecified atom stereocenters. The molecule has 0 saturated carbocycles. The lowest BCUT2D eigenvalue weighted by molar-refractivity contribution is 0.169. The zero-order valence-corrected chi connectivity index (χ0v) is 11.8. The molecule has 2 aromatic rings. The molecule has 5 heteroatoms. The van der Waals surface area contributed by atoms with Crippen molar-refractivity contribution in [2.75, 3.05) is 13.2 Å². The highest BCUT2D eigenvalue weighted by Gasteiger charge is 2.20. The molecule has 18 heavy (non-hydrogen) atoms. The van der Waals surface area contributed by atoms with E-state index in [1.165, 1.54) is 0 Å². The van der Waals surface area contributed by atoms with Crippen molar-refractivity contribution in [3.05, 3.63) is 44.6 Å². The lowest BCUT2D eigenvalue weighted by atomic mass is 10.0. The summed E-state index contributed by atoms with van der Waals surface area (Å²) in [7, 11) is 0. The van der Waals surface area contributed by atoms with Crippen molar-refractivity contribution in [3.8, 4) is 11.5 Å². The Bertz CT molecular complexity index is 554. The average molecular weight is 327 g/mol. The van der Waals surface area contributed by atoms with Crippen molar-refractivity contribution >= 4 is 27.3 Å². The second kappa shape index (κ2) is 4.91. The van der Waals surface area contributed by atoms with Gasteiger partial charge in [0.25, 0.3) is 0 Å². The lowest BCUT2D eigenvalue weighted by Gasteiger charge is -2.21. The van der Waals surface area contributed by atoms with Gasteiger partial charge in [0, 0.05) is 10.0 Å². The van der Waals surface area contributed by atoms with Crippen LogP contribution in [0.3, 0.4) is 0 Å². The van der Waals surface area contributed by atoms with Crippen LogP contribution in [0.1, 0.15) is 17.2 Å². The van der Waals surface area contributed by atoms with Crippen LogP contribution in [0.25, 0.3) is 0 Å². The Morgan fingerprint density at radius 2 is 1.94 bits per heavy atom. The Hall–Kier alpha value is -1.04. The number of ether oxygens (including phenoxy) is 2. The van der Waals surface area contributed by atoms with Crippen LogP contribution in [-0.2, 0) is 0 Å². The van der Waals surface area contributed by atoms with Crippen LogP contribution >= 0.6 is 27.3 Å². The summed E-state index contributed by atoms with van der Waals surface area (Å²) in [6, 6.07) is 5.60. The first kappa shape index (κ1) is 12.0. The zero-order valence-electron chi connectivity index (χ0n) is 9.43. The van der Waals surface area contributed by atoms with Gasteiger partial charge in [-0.2, -0.15) is 11.3 Å². The molecule has 0 saturated heterocycles. The first-order valence-corrected chi connectivity index (χ1v) is 7.28. The minimum absolute atomic E-state index is 0.544. The van der Waals surface area contributed by atoms with Crippen LogP contribution in [0, 0.1) is 0 Å². The molecule has 1 aliphatic rings. The predicted octanol–water partition coefficient (Wildman–Crippen LogP) is 3.36. The number of rotatable bonds is 2. The fourth-order valence-corrected chi connectivity index (χ4v) is 3.12. The number of hydrogen-bond donors (Lipinski definition) is 1. The Kier molecular flexibility index (Phi) is 3.28. The maximum absolute atomic E-state index is 10.3. The number of fused-ring (bicyclic) bond motifs is 1. The quantitative estimate of drug-likeness (QED) is 0.919. The molecular weight excluding hydrogens is 316 g/mol. The van der Waals surface area contributed by atoms with Gasteiger partial charge in [-0.05, 0) is 34.5 Å². The summed E-state index contributed by atoms with van der Waals surface area (Å²) >= 11 is 5.04. The summed E-state index contributed by atoms with van der Waals surface area (Å²) in [6.07, 6.45) is -0.651. The van der Waals surface area contributed by atoms with Gasteiger partial charge in [-0.3, -0.25) is 0 Å². The average Bonchev–Trinajstić information content (AvgIpc) is 2.91. The van der Waals surface area contributed by atoms with Gasteiger partial charge in [-0.1, -0.05) is 15.9 Å². The molecule has 1 atom stereocenters. The van der Waals surface area contributed by atoms with Gasteiger partial charge < -0.3 is 14.6 Å². The van der Waals surface area contributed by atoms with E-state index in [1.54, 1.807) is 11.3 Å². The zero-order chi connectivity index (χ0) is 12.5. The van der Waals surface area contributed by atoms with Gasteiger partial charge in [-0.15, -0.1) is 0 Å². The molecule has 0 amide bonds. The molecule has 1 aromatic carbocycles. The molecule has 0 radical (unpaired) electrons. The third-order valence-electron chi connectivity index (χ3n) is 2.82. The molecule has 3 nitrogen and oxygen atoms in total. The molecular formula is C13H11BrO3S. The van der Waals surface area contributed by atoms with Crippen LogP contribution in [0.2, 0.25) is 0 Å². The largest absolute Gasteiger partial charge is 0.486 e. The van der Waals surface area contributed by atoms with E-state index >= 15 is 0 Å². The second-order valence-electron chi connectivity index (χ2n) is 3.98. The van der Waals surface area contributed by atoms with Crippen molar-refractivity contribution in [1.82, 2.24) is 0 Å². The maximum atomic E-state index is 10.3. The Balaban J connectivity index is 2.01. The van der Waals surface area contributed by atoms with Crippen LogP contribution in [-0.4, -0.2) is 18.3 Å². The summed E-state index contributed by atoms with van der Waals surface area (Å²) in [5.74, 6) is 1.41. The van der Waals surface area contributed by atoms with E-state index in [2.05, 4.69) is 15.9 Å². The summed E-state index contributed by atoms with van der Waals surface area (Å²) in [5.41, 5.74) is 1.68. The van der Waals surface area contributed by atoms with Crippen molar-refractivity contribution in [2.45, 2.75) is 6.10 Å². The lowest BCUT2D eigenvalue weighted by Crippen LogP contribution is -2.16. The van der Waals surface area contributed by atoms with E-state index in [-0.39, 0.29) is 0 Å². The smallest absolute Gasteiger partial charge is 0.162 e. The first-order chi connectivity index (χ1) is 8.75. The number of aliphatic hydroxyl groups is 1. The van der Waals surface area contributed by atoms with Crippen molar-refractivity contribution < 1.29 is 14.6 Å². The summed E-state index contributed by atoms with van der Waals surface area (Å²) in [4.78, 5) is 0. The number of benzene rings is 1. The van der Waals surface area contributed by atoms with Gasteiger partial charge >= 0.3 is 0 Å². The summed E-state index contributed by atoms with van der Waals surface area (Å²) < 4.78 is 11.9. The predicted molar refractivity (Wildman–Crippen MR) is 73.5 cm³/mol. The Morgan fingerprint density at radius 1 is 1.22 bits per heavy atom. The minimum Gasteiger partial charge on any atom is -0.486 e. The molecule has 1 aliphatic heterocycles. The third-order valence-corrected chi connectivity index (χ3v) is 4.20. The van der Waals surface area contributed by atoms with E-state index in [9.17, 15) is 5.11 Å². The van der Waals surface area contributed by atoms with E-state index < -0.39 is 6.10 Å². The maximum Gasteiger partial charge on any atom is 0.162 e. The fourth-order valence-electron chi connectivity index (χ4n) is 1.90. The Labute approximate surface area is 117 Å². The molecule has 0 fully saturated rings. The van der Waals surface area contributed by atoms with Crippen LogP contribution in [0.4, 0.5) is 0 Å². The molecule has 0 bridgehead atoms. The SMILES string of the molecule is OC(c1ccsc1)c1cc2c(cc1Br)OCCO2. The van der Waals surface area contributed by atoms with Gasteiger partial charge in [0.1, 0.15) is 19.3 Å². The summed E-state index contributed by atoms with van der Waals surface area (Å²) in [6.45, 7) is 1.11.